The van der Waals surface area contributed by atoms with Crippen molar-refractivity contribution in [2.24, 2.45) is 10.7 Å². The van der Waals surface area contributed by atoms with Crippen LogP contribution in [-0.2, 0) is 16.7 Å². The maximum absolute atomic E-state index is 15.7. The molecule has 0 saturated carbocycles. The molecule has 0 radical (unpaired) electrons. The molecule has 11 heteroatoms. The van der Waals surface area contributed by atoms with Crippen LogP contribution in [0.25, 0.3) is 0 Å². The number of nitrogens with two attached hydrogens (primary N) is 1. The molecule has 1 aliphatic rings. The Morgan fingerprint density at radius 3 is 2.74 bits per heavy atom. The van der Waals surface area contributed by atoms with Crippen molar-refractivity contribution in [2.45, 2.75) is 44.4 Å². The number of Topliss-reactive ketones (excluding diaryl/α,β-unsaturated/α-hetero) is 1. The highest BCUT2D eigenvalue weighted by atomic mass is 35.5. The van der Waals surface area contributed by atoms with Gasteiger partial charge < -0.3 is 10.5 Å². The second kappa shape index (κ2) is 8.58. The van der Waals surface area contributed by atoms with E-state index in [4.69, 9.17) is 22.1 Å². The number of aliphatic imine (C=N–C) groups is 1. The molecule has 0 aliphatic carbocycles. The monoisotopic (exact) mass is 460 g/mol. The zero-order valence-electron chi connectivity index (χ0n) is 16.8. The number of nitrogens with zero attached hydrogens (tertiary/aromatic N) is 3. The Bertz CT molecular complexity index is 1020. The molecule has 0 amide bonds. The Labute approximate surface area is 181 Å². The number of hydrogen-bond acceptors (Lipinski definition) is 5. The molecule has 6 nitrogen and oxygen atoms in total. The smallest absolute Gasteiger partial charge is 0.333 e. The van der Waals surface area contributed by atoms with Gasteiger partial charge in [-0.2, -0.15) is 13.9 Å². The highest BCUT2D eigenvalue weighted by molar-refractivity contribution is 6.33. The second-order valence-corrected chi connectivity index (χ2v) is 7.91. The van der Waals surface area contributed by atoms with E-state index in [0.29, 0.717) is 5.56 Å². The van der Waals surface area contributed by atoms with Crippen molar-refractivity contribution in [2.75, 3.05) is 13.2 Å². The van der Waals surface area contributed by atoms with E-state index in [2.05, 4.69) is 10.1 Å². The van der Waals surface area contributed by atoms with Crippen LogP contribution in [0.1, 0.15) is 48.4 Å². The predicted octanol–water partition coefficient (Wildman–Crippen LogP) is 4.22. The van der Waals surface area contributed by atoms with Crippen LogP contribution in [-0.4, -0.2) is 40.3 Å². The number of amidine groups is 1. The Hall–Kier alpha value is -2.46. The molecule has 2 atom stereocenters. The van der Waals surface area contributed by atoms with Gasteiger partial charge in [0, 0.05) is 12.0 Å². The van der Waals surface area contributed by atoms with Crippen molar-refractivity contribution in [3.05, 3.63) is 52.1 Å². The Kier molecular flexibility index (Phi) is 6.43. The van der Waals surface area contributed by atoms with Gasteiger partial charge in [-0.3, -0.25) is 9.79 Å². The average Bonchev–Trinajstić information content (AvgIpc) is 3.04. The summed E-state index contributed by atoms with van der Waals surface area (Å²) in [6, 6.07) is 3.77. The van der Waals surface area contributed by atoms with Gasteiger partial charge in [-0.25, -0.2) is 13.5 Å². The number of halogens is 5. The van der Waals surface area contributed by atoms with Crippen LogP contribution in [0.15, 0.2) is 29.4 Å². The Balaban J connectivity index is 2.02. The van der Waals surface area contributed by atoms with Crippen molar-refractivity contribution >= 4 is 23.2 Å². The molecule has 3 rings (SSSR count). The number of aromatic nitrogens is 2. The minimum atomic E-state index is -2.95. The lowest BCUT2D eigenvalue weighted by Gasteiger charge is -2.39. The Morgan fingerprint density at radius 2 is 2.13 bits per heavy atom. The van der Waals surface area contributed by atoms with E-state index >= 15 is 4.39 Å². The lowest BCUT2D eigenvalue weighted by molar-refractivity contribution is -0.00941. The van der Waals surface area contributed by atoms with E-state index in [9.17, 15) is 18.0 Å². The van der Waals surface area contributed by atoms with Gasteiger partial charge >= 0.3 is 6.55 Å². The fourth-order valence-electron chi connectivity index (χ4n) is 3.77. The van der Waals surface area contributed by atoms with Crippen LogP contribution in [0.3, 0.4) is 0 Å². The van der Waals surface area contributed by atoms with E-state index in [1.165, 1.54) is 19.1 Å². The topological polar surface area (TPSA) is 82.5 Å². The van der Waals surface area contributed by atoms with Crippen LogP contribution in [0.5, 0.6) is 0 Å². The summed E-state index contributed by atoms with van der Waals surface area (Å²) in [5, 5.41) is 3.28. The third kappa shape index (κ3) is 4.31. The van der Waals surface area contributed by atoms with Crippen molar-refractivity contribution < 1.29 is 27.1 Å². The van der Waals surface area contributed by atoms with Gasteiger partial charge in [0.1, 0.15) is 29.5 Å². The molecule has 1 aromatic carbocycles. The second-order valence-electron chi connectivity index (χ2n) is 7.50. The Morgan fingerprint density at radius 1 is 1.42 bits per heavy atom. The quantitative estimate of drug-likeness (QED) is 0.517. The summed E-state index contributed by atoms with van der Waals surface area (Å²) in [4.78, 5) is 16.9. The third-order valence-electron chi connectivity index (χ3n) is 5.32. The summed E-state index contributed by atoms with van der Waals surface area (Å²) in [5.74, 6) is -1.35. The predicted molar refractivity (Wildman–Crippen MR) is 107 cm³/mol. The van der Waals surface area contributed by atoms with Gasteiger partial charge in [0.15, 0.2) is 11.5 Å². The first-order valence-corrected chi connectivity index (χ1v) is 9.84. The zero-order valence-corrected chi connectivity index (χ0v) is 17.6. The molecule has 2 heterocycles. The molecule has 2 N–H and O–H groups in total. The maximum Gasteiger partial charge on any atom is 0.333 e. The molecule has 1 aliphatic heterocycles. The van der Waals surface area contributed by atoms with Gasteiger partial charge in [-0.15, -0.1) is 0 Å². The van der Waals surface area contributed by atoms with Crippen LogP contribution in [0.4, 0.5) is 17.6 Å². The molecule has 31 heavy (non-hydrogen) atoms. The van der Waals surface area contributed by atoms with Crippen molar-refractivity contribution in [1.82, 2.24) is 9.78 Å². The molecule has 2 aromatic rings. The number of hydrogen-bond donors (Lipinski definition) is 1. The largest absolute Gasteiger partial charge is 0.386 e. The molecule has 1 aromatic heterocycles. The lowest BCUT2D eigenvalue weighted by Crippen LogP contribution is -2.48. The summed E-state index contributed by atoms with van der Waals surface area (Å²) >= 11 is 5.85. The molecule has 0 spiro atoms. The molecule has 168 valence electrons. The average molecular weight is 461 g/mol. The molecular weight excluding hydrogens is 440 g/mol. The summed E-state index contributed by atoms with van der Waals surface area (Å²) in [7, 11) is 0. The van der Waals surface area contributed by atoms with E-state index < -0.39 is 29.4 Å². The maximum atomic E-state index is 15.7. The normalized spacial score (nSPS) is 24.2. The highest BCUT2D eigenvalue weighted by Gasteiger charge is 2.52. The van der Waals surface area contributed by atoms with Crippen LogP contribution in [0.2, 0.25) is 5.02 Å². The van der Waals surface area contributed by atoms with Crippen molar-refractivity contribution in [3.63, 3.8) is 0 Å². The first-order valence-electron chi connectivity index (χ1n) is 9.46. The first-order chi connectivity index (χ1) is 14.5. The third-order valence-corrected chi connectivity index (χ3v) is 5.60. The van der Waals surface area contributed by atoms with Gasteiger partial charge in [0.25, 0.3) is 0 Å². The van der Waals surface area contributed by atoms with Gasteiger partial charge in [-0.05, 0) is 31.0 Å². The summed E-state index contributed by atoms with van der Waals surface area (Å²) in [5.41, 5.74) is 1.96. The first kappa shape index (κ1) is 23.2. The summed E-state index contributed by atoms with van der Waals surface area (Å²) < 4.78 is 61.6. The lowest BCUT2D eigenvalue weighted by atomic mass is 9.74. The molecule has 1 unspecified atom stereocenters. The fraction of sp³-hybridized carbons (Fsp3) is 0.450. The standard InChI is InChI=1S/C20H21ClF4N4O2/c1-3-20(19(2,25)10-31-9-16(26)27-20)12-6-11(4-5-14(12)22)7-15(30)17-13(21)8-29(28-17)18(23)24/h4-6,8,18H,3,7,9-10H2,1-2H3,(H2,26,27)/t19?,20-/m1/s1. The number of alkyl halides is 3. The van der Waals surface area contributed by atoms with Crippen molar-refractivity contribution in [1.29, 1.82) is 0 Å². The molecular formula is C20H21ClF4N4O2. The van der Waals surface area contributed by atoms with Gasteiger partial charge in [0.2, 0.25) is 0 Å². The molecule has 0 saturated heterocycles. The highest BCUT2D eigenvalue weighted by Crippen LogP contribution is 2.45. The SMILES string of the molecule is CC[C@]1(c2cc(CC(=O)c3nn(C(F)F)cc3Cl)ccc2F)N=C(N)COCC1(C)F. The van der Waals surface area contributed by atoms with Crippen LogP contribution < -0.4 is 5.73 Å². The number of ether oxygens (including phenoxy) is 1. The van der Waals surface area contributed by atoms with Crippen molar-refractivity contribution in [3.8, 4) is 0 Å². The molecule has 0 bridgehead atoms. The van der Waals surface area contributed by atoms with Crippen LogP contribution in [0, 0.1) is 5.82 Å². The minimum absolute atomic E-state index is 0.0217. The fourth-order valence-corrected chi connectivity index (χ4v) is 4.01. The number of ketones is 1. The minimum Gasteiger partial charge on any atom is -0.386 e. The summed E-state index contributed by atoms with van der Waals surface area (Å²) in [6.07, 6.45) is 0.605. The van der Waals surface area contributed by atoms with Gasteiger partial charge in [-0.1, -0.05) is 24.6 Å². The van der Waals surface area contributed by atoms with Crippen LogP contribution >= 0.6 is 11.6 Å². The van der Waals surface area contributed by atoms with E-state index in [-0.39, 0.29) is 52.9 Å². The number of carbonyl (C=O) groups excluding carboxylic acids is 1. The number of carbonyl (C=O) groups is 1. The summed E-state index contributed by atoms with van der Waals surface area (Å²) in [6.45, 7) is -0.495. The number of rotatable bonds is 6. The van der Waals surface area contributed by atoms with E-state index in [0.717, 1.165) is 12.3 Å². The zero-order chi connectivity index (χ0) is 23.0. The van der Waals surface area contributed by atoms with E-state index in [1.54, 1.807) is 6.92 Å². The van der Waals surface area contributed by atoms with E-state index in [1.807, 2.05) is 0 Å². The van der Waals surface area contributed by atoms with Gasteiger partial charge in [0.05, 0.1) is 17.8 Å². The molecule has 0 fully saturated rings. The number of benzene rings is 1.